The van der Waals surface area contributed by atoms with E-state index in [9.17, 15) is 4.79 Å². The molecule has 2 N–H and O–H groups in total. The lowest BCUT2D eigenvalue weighted by Gasteiger charge is -2.07. The van der Waals surface area contributed by atoms with E-state index in [0.29, 0.717) is 11.3 Å². The maximum absolute atomic E-state index is 11.7. The fourth-order valence-electron chi connectivity index (χ4n) is 1.32. The van der Waals surface area contributed by atoms with Gasteiger partial charge in [-0.2, -0.15) is 0 Å². The van der Waals surface area contributed by atoms with Crippen LogP contribution in [0.25, 0.3) is 11.3 Å². The van der Waals surface area contributed by atoms with Gasteiger partial charge in [-0.15, -0.1) is 0 Å². The van der Waals surface area contributed by atoms with Crippen LogP contribution < -0.4 is 11.3 Å². The molecule has 0 spiro atoms. The number of hydrogen-bond donors (Lipinski definition) is 1. The third-order valence-corrected chi connectivity index (χ3v) is 2.56. The highest BCUT2D eigenvalue weighted by Crippen LogP contribution is 2.21. The van der Waals surface area contributed by atoms with Crippen molar-refractivity contribution in [3.05, 3.63) is 40.2 Å². The summed E-state index contributed by atoms with van der Waals surface area (Å²) in [6.07, 6.45) is 3.20. The number of aromatic nitrogens is 3. The molecule has 2 heterocycles. The summed E-state index contributed by atoms with van der Waals surface area (Å²) >= 11 is 5.82. The molecule has 5 nitrogen and oxygen atoms in total. The van der Waals surface area contributed by atoms with E-state index in [-0.39, 0.29) is 16.5 Å². The van der Waals surface area contributed by atoms with Gasteiger partial charge >= 0.3 is 0 Å². The van der Waals surface area contributed by atoms with Crippen molar-refractivity contribution < 1.29 is 0 Å². The molecule has 0 aromatic carbocycles. The number of rotatable bonds is 1. The smallest absolute Gasteiger partial charge is 0.277 e. The zero-order chi connectivity index (χ0) is 11.7. The number of anilines is 1. The molecule has 0 aliphatic carbocycles. The van der Waals surface area contributed by atoms with Crippen LogP contribution in [0.2, 0.25) is 5.28 Å². The van der Waals surface area contributed by atoms with Crippen molar-refractivity contribution in [2.45, 2.75) is 0 Å². The van der Waals surface area contributed by atoms with Gasteiger partial charge in [-0.25, -0.2) is 4.98 Å². The van der Waals surface area contributed by atoms with E-state index < -0.39 is 0 Å². The Bertz CT molecular complexity index is 579. The van der Waals surface area contributed by atoms with Crippen LogP contribution in [0.15, 0.2) is 29.3 Å². The highest BCUT2D eigenvalue weighted by molar-refractivity contribution is 6.28. The third-order valence-electron chi connectivity index (χ3n) is 2.22. The average molecular weight is 237 g/mol. The van der Waals surface area contributed by atoms with Crippen LogP contribution >= 0.6 is 11.6 Å². The Labute approximate surface area is 96.5 Å². The highest BCUT2D eigenvalue weighted by atomic mass is 35.5. The molecule has 0 atom stereocenters. The molecule has 82 valence electrons. The molecule has 0 aliphatic heterocycles. The Kier molecular flexibility index (Phi) is 2.62. The Hall–Kier alpha value is -1.88. The summed E-state index contributed by atoms with van der Waals surface area (Å²) in [5, 5.41) is 0.103. The first-order valence-electron chi connectivity index (χ1n) is 4.53. The topological polar surface area (TPSA) is 73.8 Å². The van der Waals surface area contributed by atoms with Crippen LogP contribution in [0, 0.1) is 0 Å². The maximum atomic E-state index is 11.7. The first kappa shape index (κ1) is 10.6. The van der Waals surface area contributed by atoms with Gasteiger partial charge in [0.25, 0.3) is 5.56 Å². The molecule has 0 radical (unpaired) electrons. The van der Waals surface area contributed by atoms with E-state index in [1.165, 1.54) is 11.6 Å². The minimum atomic E-state index is -0.355. The SMILES string of the molecule is Cn1c(Cl)nc(-c2ccncc2)c(N)c1=O. The molecule has 2 rings (SSSR count). The van der Waals surface area contributed by atoms with E-state index >= 15 is 0 Å². The summed E-state index contributed by atoms with van der Waals surface area (Å²) in [5.74, 6) is 0. The second-order valence-electron chi connectivity index (χ2n) is 3.24. The molecule has 0 amide bonds. The zero-order valence-corrected chi connectivity index (χ0v) is 9.27. The monoisotopic (exact) mass is 236 g/mol. The van der Waals surface area contributed by atoms with Gasteiger partial charge in [0.1, 0.15) is 11.4 Å². The van der Waals surface area contributed by atoms with Gasteiger partial charge in [0, 0.05) is 25.0 Å². The van der Waals surface area contributed by atoms with E-state index in [1.54, 1.807) is 24.5 Å². The molecule has 16 heavy (non-hydrogen) atoms. The first-order chi connectivity index (χ1) is 7.61. The Morgan fingerprint density at radius 1 is 1.38 bits per heavy atom. The van der Waals surface area contributed by atoms with Crippen LogP contribution in [0.5, 0.6) is 0 Å². The van der Waals surface area contributed by atoms with Crippen LogP contribution in [0.4, 0.5) is 5.69 Å². The van der Waals surface area contributed by atoms with Gasteiger partial charge in [0.05, 0.1) is 0 Å². The van der Waals surface area contributed by atoms with Crippen LogP contribution in [-0.2, 0) is 7.05 Å². The van der Waals surface area contributed by atoms with Gasteiger partial charge in [0.15, 0.2) is 0 Å². The average Bonchev–Trinajstić information content (AvgIpc) is 2.32. The Morgan fingerprint density at radius 2 is 2.00 bits per heavy atom. The minimum Gasteiger partial charge on any atom is -0.392 e. The molecule has 2 aromatic heterocycles. The fraction of sp³-hybridized carbons (Fsp3) is 0.100. The van der Waals surface area contributed by atoms with Crippen molar-refractivity contribution in [1.29, 1.82) is 0 Å². The van der Waals surface area contributed by atoms with Crippen molar-refractivity contribution in [2.75, 3.05) is 5.73 Å². The lowest BCUT2D eigenvalue weighted by atomic mass is 10.2. The number of halogens is 1. The van der Waals surface area contributed by atoms with Gasteiger partial charge < -0.3 is 5.73 Å². The molecular weight excluding hydrogens is 228 g/mol. The quantitative estimate of drug-likeness (QED) is 0.752. The summed E-state index contributed by atoms with van der Waals surface area (Å²) in [6.45, 7) is 0. The third kappa shape index (κ3) is 1.65. The summed E-state index contributed by atoms with van der Waals surface area (Å²) in [6, 6.07) is 3.43. The summed E-state index contributed by atoms with van der Waals surface area (Å²) in [5.41, 5.74) is 6.54. The largest absolute Gasteiger partial charge is 0.392 e. The highest BCUT2D eigenvalue weighted by Gasteiger charge is 2.11. The lowest BCUT2D eigenvalue weighted by Crippen LogP contribution is -2.23. The van der Waals surface area contributed by atoms with Crippen molar-refractivity contribution in [2.24, 2.45) is 7.05 Å². The second-order valence-corrected chi connectivity index (χ2v) is 3.58. The molecule has 0 fully saturated rings. The lowest BCUT2D eigenvalue weighted by molar-refractivity contribution is 0.832. The molecule has 0 saturated heterocycles. The normalized spacial score (nSPS) is 10.4. The van der Waals surface area contributed by atoms with Crippen LogP contribution in [-0.4, -0.2) is 14.5 Å². The summed E-state index contributed by atoms with van der Waals surface area (Å²) in [4.78, 5) is 19.6. The fourth-order valence-corrected chi connectivity index (χ4v) is 1.48. The standard InChI is InChI=1S/C10H9ClN4O/c1-15-9(16)7(12)8(14-10(15)11)6-2-4-13-5-3-6/h2-5H,12H2,1H3. The number of pyridine rings is 1. The number of nitrogen functional groups attached to an aromatic ring is 1. The number of nitrogens with zero attached hydrogens (tertiary/aromatic N) is 3. The van der Waals surface area contributed by atoms with E-state index in [4.69, 9.17) is 17.3 Å². The predicted molar refractivity (Wildman–Crippen MR) is 62.1 cm³/mol. The summed E-state index contributed by atoms with van der Waals surface area (Å²) in [7, 11) is 1.52. The molecule has 0 saturated carbocycles. The molecule has 2 aromatic rings. The van der Waals surface area contributed by atoms with Crippen LogP contribution in [0.3, 0.4) is 0 Å². The molecule has 0 aliphatic rings. The molecule has 6 heteroatoms. The van der Waals surface area contributed by atoms with Crippen molar-refractivity contribution in [3.63, 3.8) is 0 Å². The first-order valence-corrected chi connectivity index (χ1v) is 4.91. The Morgan fingerprint density at radius 3 is 2.62 bits per heavy atom. The van der Waals surface area contributed by atoms with Crippen molar-refractivity contribution in [3.8, 4) is 11.3 Å². The number of hydrogen-bond acceptors (Lipinski definition) is 4. The zero-order valence-electron chi connectivity index (χ0n) is 8.51. The predicted octanol–water partition coefficient (Wildman–Crippen LogP) is 1.08. The molecular formula is C10H9ClN4O. The van der Waals surface area contributed by atoms with E-state index in [1.807, 2.05) is 0 Å². The van der Waals surface area contributed by atoms with Crippen molar-refractivity contribution >= 4 is 17.3 Å². The van der Waals surface area contributed by atoms with Gasteiger partial charge in [-0.3, -0.25) is 14.3 Å². The van der Waals surface area contributed by atoms with Crippen molar-refractivity contribution in [1.82, 2.24) is 14.5 Å². The second kappa shape index (κ2) is 3.94. The van der Waals surface area contributed by atoms with Gasteiger partial charge in [0.2, 0.25) is 5.28 Å². The molecule has 0 unspecified atom stereocenters. The van der Waals surface area contributed by atoms with Gasteiger partial charge in [-0.05, 0) is 23.7 Å². The maximum Gasteiger partial charge on any atom is 0.277 e. The molecule has 0 bridgehead atoms. The minimum absolute atomic E-state index is 0.0816. The van der Waals surface area contributed by atoms with E-state index in [2.05, 4.69) is 9.97 Å². The summed E-state index contributed by atoms with van der Waals surface area (Å²) < 4.78 is 1.20. The Balaban J connectivity index is 2.73. The van der Waals surface area contributed by atoms with Crippen LogP contribution in [0.1, 0.15) is 0 Å². The number of nitrogens with two attached hydrogens (primary N) is 1. The van der Waals surface area contributed by atoms with E-state index in [0.717, 1.165) is 0 Å². The van der Waals surface area contributed by atoms with Gasteiger partial charge in [-0.1, -0.05) is 0 Å².